The zero-order valence-corrected chi connectivity index (χ0v) is 13.9. The van der Waals surface area contributed by atoms with E-state index < -0.39 is 4.92 Å². The number of piperidine rings is 1. The number of aromatic nitrogens is 2. The summed E-state index contributed by atoms with van der Waals surface area (Å²) in [4.78, 5) is 32.6. The SMILES string of the molecule is O=C(c1cc([N+](=O)[O-])ccc1Cl)N1CCC(Oc2ncccn2)CC1. The van der Waals surface area contributed by atoms with E-state index in [1.54, 1.807) is 23.4 Å². The number of amides is 1. The molecule has 0 aliphatic carbocycles. The van der Waals surface area contributed by atoms with Crippen molar-refractivity contribution in [2.45, 2.75) is 18.9 Å². The molecule has 3 rings (SSSR count). The quantitative estimate of drug-likeness (QED) is 0.612. The van der Waals surface area contributed by atoms with Crippen molar-refractivity contribution in [2.75, 3.05) is 13.1 Å². The molecule has 2 aromatic rings. The van der Waals surface area contributed by atoms with E-state index >= 15 is 0 Å². The summed E-state index contributed by atoms with van der Waals surface area (Å²) in [5.74, 6) is -0.317. The number of carbonyl (C=O) groups excluding carboxylic acids is 1. The Kier molecular flexibility index (Phi) is 5.08. The van der Waals surface area contributed by atoms with Crippen molar-refractivity contribution in [3.05, 3.63) is 57.4 Å². The fourth-order valence-electron chi connectivity index (χ4n) is 2.63. The van der Waals surface area contributed by atoms with Gasteiger partial charge in [-0.1, -0.05) is 11.6 Å². The van der Waals surface area contributed by atoms with Gasteiger partial charge in [0.05, 0.1) is 15.5 Å². The Hall–Kier alpha value is -2.74. The standard InChI is InChI=1S/C16H15ClN4O4/c17-14-3-2-11(21(23)24)10-13(14)15(22)20-8-4-12(5-9-20)25-16-18-6-1-7-19-16/h1-3,6-7,10,12H,4-5,8-9H2. The van der Waals surface area contributed by atoms with E-state index in [0.717, 1.165) is 0 Å². The minimum Gasteiger partial charge on any atom is -0.460 e. The van der Waals surface area contributed by atoms with Gasteiger partial charge in [-0.3, -0.25) is 14.9 Å². The molecule has 1 aromatic heterocycles. The summed E-state index contributed by atoms with van der Waals surface area (Å²) in [5.41, 5.74) is -0.0196. The molecule has 0 radical (unpaired) electrons. The van der Waals surface area contributed by atoms with Crippen LogP contribution in [-0.2, 0) is 0 Å². The highest BCUT2D eigenvalue weighted by Crippen LogP contribution is 2.25. The topological polar surface area (TPSA) is 98.5 Å². The Labute approximate surface area is 148 Å². The van der Waals surface area contributed by atoms with Crippen molar-refractivity contribution in [2.24, 2.45) is 0 Å². The Morgan fingerprint density at radius 3 is 2.60 bits per heavy atom. The van der Waals surface area contributed by atoms with Crippen molar-refractivity contribution in [1.29, 1.82) is 0 Å². The fourth-order valence-corrected chi connectivity index (χ4v) is 2.83. The minimum absolute atomic E-state index is 0.0768. The number of non-ortho nitro benzene ring substituents is 1. The Morgan fingerprint density at radius 1 is 1.28 bits per heavy atom. The highest BCUT2D eigenvalue weighted by Gasteiger charge is 2.27. The summed E-state index contributed by atoms with van der Waals surface area (Å²) < 4.78 is 5.69. The molecule has 1 amide bonds. The number of benzene rings is 1. The van der Waals surface area contributed by atoms with Crippen molar-refractivity contribution in [1.82, 2.24) is 14.9 Å². The summed E-state index contributed by atoms with van der Waals surface area (Å²) >= 11 is 6.04. The van der Waals surface area contributed by atoms with Crippen molar-refractivity contribution in [3.63, 3.8) is 0 Å². The maximum absolute atomic E-state index is 12.6. The van der Waals surface area contributed by atoms with Gasteiger partial charge in [0.1, 0.15) is 6.10 Å². The molecule has 1 aliphatic heterocycles. The largest absolute Gasteiger partial charge is 0.460 e. The number of rotatable bonds is 4. The number of nitrogens with zero attached hydrogens (tertiary/aromatic N) is 4. The van der Waals surface area contributed by atoms with Crippen LogP contribution in [0.25, 0.3) is 0 Å². The van der Waals surface area contributed by atoms with Crippen molar-refractivity contribution >= 4 is 23.2 Å². The van der Waals surface area contributed by atoms with Crippen LogP contribution in [0.3, 0.4) is 0 Å². The summed E-state index contributed by atoms with van der Waals surface area (Å²) in [6.45, 7) is 0.935. The number of nitro benzene ring substituents is 1. The third-order valence-electron chi connectivity index (χ3n) is 3.93. The molecule has 0 spiro atoms. The van der Waals surface area contributed by atoms with Gasteiger partial charge in [0, 0.05) is 50.5 Å². The predicted octanol–water partition coefficient (Wildman–Crippen LogP) is 2.72. The lowest BCUT2D eigenvalue weighted by molar-refractivity contribution is -0.384. The molecule has 0 atom stereocenters. The number of ether oxygens (including phenoxy) is 1. The van der Waals surface area contributed by atoms with Gasteiger partial charge in [0.25, 0.3) is 11.6 Å². The Balaban J connectivity index is 1.64. The molecule has 1 aliphatic rings. The lowest BCUT2D eigenvalue weighted by Crippen LogP contribution is -2.42. The molecule has 1 saturated heterocycles. The number of nitro groups is 1. The summed E-state index contributed by atoms with van der Waals surface area (Å²) in [6, 6.07) is 5.88. The van der Waals surface area contributed by atoms with Crippen LogP contribution in [0, 0.1) is 10.1 Å². The zero-order valence-electron chi connectivity index (χ0n) is 13.2. The van der Waals surface area contributed by atoms with Crippen LogP contribution >= 0.6 is 11.6 Å². The van der Waals surface area contributed by atoms with E-state index in [-0.39, 0.29) is 28.3 Å². The molecule has 1 aromatic carbocycles. The van der Waals surface area contributed by atoms with E-state index in [4.69, 9.17) is 16.3 Å². The molecule has 0 bridgehead atoms. The van der Waals surface area contributed by atoms with Crippen molar-refractivity contribution < 1.29 is 14.5 Å². The van der Waals surface area contributed by atoms with Crippen LogP contribution in [0.5, 0.6) is 6.01 Å². The van der Waals surface area contributed by atoms with Crippen molar-refractivity contribution in [3.8, 4) is 6.01 Å². The van der Waals surface area contributed by atoms with E-state index in [9.17, 15) is 14.9 Å². The number of halogens is 1. The lowest BCUT2D eigenvalue weighted by Gasteiger charge is -2.31. The smallest absolute Gasteiger partial charge is 0.316 e. The molecule has 130 valence electrons. The summed E-state index contributed by atoms with van der Waals surface area (Å²) in [5, 5.41) is 11.1. The van der Waals surface area contributed by atoms with Gasteiger partial charge in [-0.05, 0) is 12.1 Å². The first-order valence-corrected chi connectivity index (χ1v) is 8.09. The summed E-state index contributed by atoms with van der Waals surface area (Å²) in [6.07, 6.45) is 4.37. The number of hydrogen-bond donors (Lipinski definition) is 0. The molecule has 9 heteroatoms. The van der Waals surface area contributed by atoms with Gasteiger partial charge in [0.2, 0.25) is 0 Å². The molecule has 8 nitrogen and oxygen atoms in total. The first-order valence-electron chi connectivity index (χ1n) is 7.71. The van der Waals surface area contributed by atoms with E-state index in [2.05, 4.69) is 9.97 Å². The molecular weight excluding hydrogens is 348 g/mol. The highest BCUT2D eigenvalue weighted by atomic mass is 35.5. The van der Waals surface area contributed by atoms with Gasteiger partial charge >= 0.3 is 6.01 Å². The molecule has 0 N–H and O–H groups in total. The number of likely N-dealkylation sites (tertiary alicyclic amines) is 1. The van der Waals surface area contributed by atoms with E-state index in [1.165, 1.54) is 18.2 Å². The first kappa shape index (κ1) is 17.1. The normalized spacial score (nSPS) is 15.0. The van der Waals surface area contributed by atoms with Crippen LogP contribution in [-0.4, -0.2) is 44.9 Å². The highest BCUT2D eigenvalue weighted by molar-refractivity contribution is 6.33. The van der Waals surface area contributed by atoms with Crippen LogP contribution in [0.2, 0.25) is 5.02 Å². The Bertz CT molecular complexity index is 779. The molecule has 25 heavy (non-hydrogen) atoms. The van der Waals surface area contributed by atoms with Gasteiger partial charge in [-0.2, -0.15) is 0 Å². The van der Waals surface area contributed by atoms with Crippen LogP contribution in [0.1, 0.15) is 23.2 Å². The van der Waals surface area contributed by atoms with Crippen LogP contribution < -0.4 is 4.74 Å². The number of carbonyl (C=O) groups is 1. The average molecular weight is 363 g/mol. The Morgan fingerprint density at radius 2 is 1.96 bits per heavy atom. The summed E-state index contributed by atoms with van der Waals surface area (Å²) in [7, 11) is 0. The maximum atomic E-state index is 12.6. The molecule has 1 fully saturated rings. The molecule has 0 unspecified atom stereocenters. The second-order valence-electron chi connectivity index (χ2n) is 5.56. The van der Waals surface area contributed by atoms with Gasteiger partial charge in [-0.25, -0.2) is 9.97 Å². The average Bonchev–Trinajstić information content (AvgIpc) is 2.63. The first-order chi connectivity index (χ1) is 12.0. The minimum atomic E-state index is -0.549. The van der Waals surface area contributed by atoms with Crippen LogP contribution in [0.4, 0.5) is 5.69 Å². The third-order valence-corrected chi connectivity index (χ3v) is 4.26. The number of hydrogen-bond acceptors (Lipinski definition) is 6. The molecular formula is C16H15ClN4O4. The zero-order chi connectivity index (χ0) is 17.8. The van der Waals surface area contributed by atoms with E-state index in [1.807, 2.05) is 0 Å². The molecule has 2 heterocycles. The third kappa shape index (κ3) is 4.03. The maximum Gasteiger partial charge on any atom is 0.316 e. The second-order valence-corrected chi connectivity index (χ2v) is 5.97. The monoisotopic (exact) mass is 362 g/mol. The van der Waals surface area contributed by atoms with Gasteiger partial charge in [0.15, 0.2) is 0 Å². The van der Waals surface area contributed by atoms with Gasteiger partial charge in [-0.15, -0.1) is 0 Å². The lowest BCUT2D eigenvalue weighted by atomic mass is 10.1. The second kappa shape index (κ2) is 7.43. The predicted molar refractivity (Wildman–Crippen MR) is 89.7 cm³/mol. The molecule has 0 saturated carbocycles. The van der Waals surface area contributed by atoms with Crippen LogP contribution in [0.15, 0.2) is 36.7 Å². The van der Waals surface area contributed by atoms with Gasteiger partial charge < -0.3 is 9.64 Å². The van der Waals surface area contributed by atoms with E-state index in [0.29, 0.717) is 31.9 Å². The fraction of sp³-hybridized carbons (Fsp3) is 0.312.